The summed E-state index contributed by atoms with van der Waals surface area (Å²) in [6, 6.07) is 0. The highest BCUT2D eigenvalue weighted by Crippen LogP contribution is 2.23. The van der Waals surface area contributed by atoms with Crippen LogP contribution in [0, 0.1) is 0 Å². The van der Waals surface area contributed by atoms with Gasteiger partial charge in [0.2, 0.25) is 0 Å². The Hall–Kier alpha value is -1.73. The van der Waals surface area contributed by atoms with Gasteiger partial charge in [-0.2, -0.15) is 18.3 Å². The molecule has 0 saturated carbocycles. The molecule has 23 heavy (non-hydrogen) atoms. The lowest BCUT2D eigenvalue weighted by atomic mass is 10.1. The zero-order valence-corrected chi connectivity index (χ0v) is 13.6. The molecule has 0 fully saturated rings. The lowest BCUT2D eigenvalue weighted by Gasteiger charge is -2.26. The van der Waals surface area contributed by atoms with Gasteiger partial charge in [0.05, 0.1) is 12.6 Å². The second-order valence-electron chi connectivity index (χ2n) is 6.67. The van der Waals surface area contributed by atoms with Crippen molar-refractivity contribution >= 4 is 6.09 Å². The number of alkyl halides is 3. The minimum absolute atomic E-state index is 0.189. The molecular formula is C15H22F3N3O2. The first kappa shape index (κ1) is 17.6. The first-order valence-corrected chi connectivity index (χ1v) is 7.63. The van der Waals surface area contributed by atoms with Gasteiger partial charge in [0.15, 0.2) is 0 Å². The Labute approximate surface area is 133 Å². The van der Waals surface area contributed by atoms with Gasteiger partial charge in [-0.3, -0.25) is 4.68 Å². The number of aromatic nitrogens is 2. The fourth-order valence-corrected chi connectivity index (χ4v) is 2.49. The molecule has 1 aliphatic heterocycles. The Morgan fingerprint density at radius 3 is 2.52 bits per heavy atom. The minimum atomic E-state index is -4.20. The van der Waals surface area contributed by atoms with Crippen LogP contribution in [-0.4, -0.2) is 45.6 Å². The predicted octanol–water partition coefficient (Wildman–Crippen LogP) is 3.17. The predicted molar refractivity (Wildman–Crippen MR) is 78.1 cm³/mol. The summed E-state index contributed by atoms with van der Waals surface area (Å²) >= 11 is 0. The number of hydrogen-bond donors (Lipinski definition) is 0. The first-order valence-electron chi connectivity index (χ1n) is 7.63. The molecule has 0 atom stereocenters. The smallest absolute Gasteiger partial charge is 0.410 e. The first-order chi connectivity index (χ1) is 10.6. The van der Waals surface area contributed by atoms with Crippen molar-refractivity contribution in [1.82, 2.24) is 14.7 Å². The van der Waals surface area contributed by atoms with Gasteiger partial charge in [0, 0.05) is 31.7 Å². The molecule has 1 aliphatic rings. The summed E-state index contributed by atoms with van der Waals surface area (Å²) in [5.74, 6) is 0. The van der Waals surface area contributed by atoms with Crippen LogP contribution in [0.25, 0.3) is 0 Å². The lowest BCUT2D eigenvalue weighted by Crippen LogP contribution is -2.38. The molecule has 8 heteroatoms. The number of carbonyl (C=O) groups excluding carboxylic acids is 1. The molecule has 0 radical (unpaired) electrons. The lowest BCUT2D eigenvalue weighted by molar-refractivity contribution is -0.137. The summed E-state index contributed by atoms with van der Waals surface area (Å²) in [6.07, 6.45) is -2.85. The van der Waals surface area contributed by atoms with Crippen molar-refractivity contribution in [2.75, 3.05) is 13.1 Å². The molecule has 0 unspecified atom stereocenters. The second-order valence-corrected chi connectivity index (χ2v) is 6.67. The molecule has 2 rings (SSSR count). The van der Waals surface area contributed by atoms with E-state index in [2.05, 4.69) is 5.10 Å². The largest absolute Gasteiger partial charge is 0.444 e. The van der Waals surface area contributed by atoms with Crippen LogP contribution in [0.15, 0.2) is 6.20 Å². The normalized spacial score (nSPS) is 16.0. The van der Waals surface area contributed by atoms with E-state index < -0.39 is 24.3 Å². The molecule has 0 N–H and O–H groups in total. The van der Waals surface area contributed by atoms with Crippen molar-refractivity contribution < 1.29 is 22.7 Å². The summed E-state index contributed by atoms with van der Waals surface area (Å²) < 4.78 is 43.9. The van der Waals surface area contributed by atoms with Crippen molar-refractivity contribution in [2.45, 2.75) is 58.4 Å². The molecular weight excluding hydrogens is 311 g/mol. The third-order valence-electron chi connectivity index (χ3n) is 3.56. The molecule has 5 nitrogen and oxygen atoms in total. The van der Waals surface area contributed by atoms with Gasteiger partial charge >= 0.3 is 12.3 Å². The van der Waals surface area contributed by atoms with Crippen LogP contribution in [0.2, 0.25) is 0 Å². The molecule has 0 bridgehead atoms. The maximum absolute atomic E-state index is 12.4. The topological polar surface area (TPSA) is 47.4 Å². The Kier molecular flexibility index (Phi) is 4.91. The Morgan fingerprint density at radius 1 is 1.26 bits per heavy atom. The van der Waals surface area contributed by atoms with E-state index in [0.29, 0.717) is 25.9 Å². The maximum atomic E-state index is 12.4. The van der Waals surface area contributed by atoms with Gasteiger partial charge in [-0.15, -0.1) is 0 Å². The van der Waals surface area contributed by atoms with E-state index in [0.717, 1.165) is 11.3 Å². The zero-order valence-electron chi connectivity index (χ0n) is 13.6. The van der Waals surface area contributed by atoms with Crippen LogP contribution in [0.3, 0.4) is 0 Å². The fourth-order valence-electron chi connectivity index (χ4n) is 2.49. The number of ether oxygens (including phenoxy) is 1. The number of hydrogen-bond acceptors (Lipinski definition) is 3. The summed E-state index contributed by atoms with van der Waals surface area (Å²) in [5.41, 5.74) is 1.11. The van der Waals surface area contributed by atoms with E-state index in [-0.39, 0.29) is 6.54 Å². The SMILES string of the molecule is CC(C)(C)OC(=O)N1CCc2cnn(CCC(F)(F)F)c2CC1. The highest BCUT2D eigenvalue weighted by atomic mass is 19.4. The van der Waals surface area contributed by atoms with E-state index in [9.17, 15) is 18.0 Å². The van der Waals surface area contributed by atoms with Crippen LogP contribution >= 0.6 is 0 Å². The quantitative estimate of drug-likeness (QED) is 0.835. The van der Waals surface area contributed by atoms with Crippen LogP contribution in [0.1, 0.15) is 38.4 Å². The standard InChI is InChI=1S/C15H22F3N3O2/c1-14(2,3)23-13(22)20-7-4-11-10-19-21(12(11)5-8-20)9-6-15(16,17)18/h10H,4-9H2,1-3H3. The zero-order chi connectivity index (χ0) is 17.3. The average Bonchev–Trinajstić information content (AvgIpc) is 2.63. The number of aryl methyl sites for hydroxylation is 1. The average molecular weight is 333 g/mol. The van der Waals surface area contributed by atoms with Crippen LogP contribution in [0.5, 0.6) is 0 Å². The number of amides is 1. The Balaban J connectivity index is 2.01. The van der Waals surface area contributed by atoms with Gasteiger partial charge in [0.25, 0.3) is 0 Å². The molecule has 0 spiro atoms. The number of nitrogens with zero attached hydrogens (tertiary/aromatic N) is 3. The van der Waals surface area contributed by atoms with Crippen molar-refractivity contribution in [1.29, 1.82) is 0 Å². The molecule has 0 aliphatic carbocycles. The molecule has 0 saturated heterocycles. The van der Waals surface area contributed by atoms with Crippen molar-refractivity contribution in [3.63, 3.8) is 0 Å². The molecule has 1 aromatic heterocycles. The van der Waals surface area contributed by atoms with Crippen LogP contribution < -0.4 is 0 Å². The van der Waals surface area contributed by atoms with Gasteiger partial charge in [-0.1, -0.05) is 0 Å². The van der Waals surface area contributed by atoms with Crippen molar-refractivity contribution in [3.05, 3.63) is 17.5 Å². The maximum Gasteiger partial charge on any atom is 0.410 e. The molecule has 130 valence electrons. The van der Waals surface area contributed by atoms with E-state index in [4.69, 9.17) is 4.74 Å². The van der Waals surface area contributed by atoms with Gasteiger partial charge < -0.3 is 9.64 Å². The van der Waals surface area contributed by atoms with Gasteiger partial charge in [-0.05, 0) is 32.8 Å². The minimum Gasteiger partial charge on any atom is -0.444 e. The fraction of sp³-hybridized carbons (Fsp3) is 0.733. The molecule has 0 aromatic carbocycles. The van der Waals surface area contributed by atoms with E-state index in [1.54, 1.807) is 31.9 Å². The highest BCUT2D eigenvalue weighted by Gasteiger charge is 2.29. The summed E-state index contributed by atoms with van der Waals surface area (Å²) in [5, 5.41) is 4.05. The van der Waals surface area contributed by atoms with Crippen molar-refractivity contribution in [2.24, 2.45) is 0 Å². The molecule has 1 amide bonds. The Morgan fingerprint density at radius 2 is 1.91 bits per heavy atom. The highest BCUT2D eigenvalue weighted by molar-refractivity contribution is 5.68. The monoisotopic (exact) mass is 333 g/mol. The molecule has 1 aromatic rings. The summed E-state index contributed by atoms with van der Waals surface area (Å²) in [4.78, 5) is 13.7. The molecule has 2 heterocycles. The van der Waals surface area contributed by atoms with E-state index in [1.165, 1.54) is 4.68 Å². The van der Waals surface area contributed by atoms with Gasteiger partial charge in [-0.25, -0.2) is 4.79 Å². The second kappa shape index (κ2) is 6.41. The number of halogens is 3. The summed E-state index contributed by atoms with van der Waals surface area (Å²) in [7, 11) is 0. The van der Waals surface area contributed by atoms with Crippen LogP contribution in [-0.2, 0) is 24.1 Å². The summed E-state index contributed by atoms with van der Waals surface area (Å²) in [6.45, 7) is 6.10. The third-order valence-corrected chi connectivity index (χ3v) is 3.56. The third kappa shape index (κ3) is 5.14. The van der Waals surface area contributed by atoms with E-state index in [1.807, 2.05) is 0 Å². The Bertz CT molecular complexity index is 561. The number of rotatable bonds is 2. The van der Waals surface area contributed by atoms with Crippen LogP contribution in [0.4, 0.5) is 18.0 Å². The number of fused-ring (bicyclic) bond motifs is 1. The number of carbonyl (C=O) groups is 1. The van der Waals surface area contributed by atoms with Crippen molar-refractivity contribution in [3.8, 4) is 0 Å². The van der Waals surface area contributed by atoms with Gasteiger partial charge in [0.1, 0.15) is 5.60 Å². The van der Waals surface area contributed by atoms with E-state index >= 15 is 0 Å².